The number of rotatable bonds is 5. The number of hydrogen-bond donors (Lipinski definition) is 0. The van der Waals surface area contributed by atoms with E-state index in [1.807, 2.05) is 22.9 Å². The lowest BCUT2D eigenvalue weighted by Crippen LogP contribution is -2.09. The van der Waals surface area contributed by atoms with Crippen LogP contribution in [0.3, 0.4) is 0 Å². The molecular formula is C18H16ClN3O. The van der Waals surface area contributed by atoms with E-state index in [0.29, 0.717) is 16.3 Å². The molecule has 0 saturated carbocycles. The van der Waals surface area contributed by atoms with E-state index in [0.717, 1.165) is 23.9 Å². The number of aromatic nitrogens is 2. The maximum absolute atomic E-state index is 9.25. The number of benzene rings is 1. The van der Waals surface area contributed by atoms with Crippen molar-refractivity contribution in [3.05, 3.63) is 65.2 Å². The number of nitrogens with zero attached hydrogens (tertiary/aromatic N) is 3. The highest BCUT2D eigenvalue weighted by Crippen LogP contribution is 2.30. The average molecular weight is 326 g/mol. The molecule has 0 bridgehead atoms. The van der Waals surface area contributed by atoms with Crippen LogP contribution in [0.1, 0.15) is 37.0 Å². The molecule has 0 aliphatic carbocycles. The highest BCUT2D eigenvalue weighted by molar-refractivity contribution is 6.30. The maximum Gasteiger partial charge on any atom is 0.139 e. The van der Waals surface area contributed by atoms with E-state index < -0.39 is 0 Å². The molecule has 0 fully saturated rings. The minimum Gasteiger partial charge on any atom is -0.484 e. The molecular weight excluding hydrogens is 310 g/mol. The fraction of sp³-hybridized carbons (Fsp3) is 0.222. The highest BCUT2D eigenvalue weighted by Gasteiger charge is 2.16. The first-order valence-electron chi connectivity index (χ1n) is 7.49. The Balaban J connectivity index is 1.95. The van der Waals surface area contributed by atoms with Crippen LogP contribution in [0.25, 0.3) is 5.52 Å². The van der Waals surface area contributed by atoms with Gasteiger partial charge in [0.1, 0.15) is 17.9 Å². The first kappa shape index (κ1) is 15.4. The van der Waals surface area contributed by atoms with Crippen molar-refractivity contribution in [1.29, 1.82) is 5.26 Å². The van der Waals surface area contributed by atoms with Gasteiger partial charge < -0.3 is 9.14 Å². The van der Waals surface area contributed by atoms with Crippen molar-refractivity contribution in [2.45, 2.75) is 25.9 Å². The van der Waals surface area contributed by atoms with Crippen molar-refractivity contribution in [2.24, 2.45) is 0 Å². The zero-order chi connectivity index (χ0) is 16.2. The number of halogens is 1. The summed E-state index contributed by atoms with van der Waals surface area (Å²) < 4.78 is 8.08. The number of nitriles is 1. The van der Waals surface area contributed by atoms with Gasteiger partial charge in [-0.3, -0.25) is 0 Å². The average Bonchev–Trinajstić information content (AvgIpc) is 3.02. The maximum atomic E-state index is 9.25. The Bertz CT molecular complexity index is 866. The molecule has 2 aromatic heterocycles. The summed E-state index contributed by atoms with van der Waals surface area (Å²) in [6, 6.07) is 11.3. The molecule has 0 N–H and O–H groups in total. The molecule has 2 heterocycles. The summed E-state index contributed by atoms with van der Waals surface area (Å²) in [4.78, 5) is 4.13. The number of pyridine rings is 1. The minimum atomic E-state index is -0.134. The van der Waals surface area contributed by atoms with E-state index in [4.69, 9.17) is 16.3 Å². The molecule has 0 amide bonds. The Morgan fingerprint density at radius 3 is 3.00 bits per heavy atom. The molecule has 1 unspecified atom stereocenters. The predicted octanol–water partition coefficient (Wildman–Crippen LogP) is 4.78. The van der Waals surface area contributed by atoms with Gasteiger partial charge in [-0.1, -0.05) is 24.9 Å². The third-order valence-corrected chi connectivity index (χ3v) is 3.93. The summed E-state index contributed by atoms with van der Waals surface area (Å²) in [5, 5.41) is 9.81. The van der Waals surface area contributed by atoms with E-state index >= 15 is 0 Å². The monoisotopic (exact) mass is 325 g/mol. The summed E-state index contributed by atoms with van der Waals surface area (Å²) in [7, 11) is 0. The molecule has 1 aromatic carbocycles. The number of ether oxygens (including phenoxy) is 1. The van der Waals surface area contributed by atoms with E-state index in [1.54, 1.807) is 24.5 Å². The van der Waals surface area contributed by atoms with Gasteiger partial charge in [0.15, 0.2) is 0 Å². The molecule has 0 aliphatic rings. The van der Waals surface area contributed by atoms with Crippen LogP contribution in [0.2, 0.25) is 5.02 Å². The normalized spacial score (nSPS) is 12.0. The van der Waals surface area contributed by atoms with Gasteiger partial charge in [0.2, 0.25) is 0 Å². The molecule has 3 aromatic rings. The van der Waals surface area contributed by atoms with Crippen LogP contribution < -0.4 is 4.74 Å². The fourth-order valence-electron chi connectivity index (χ4n) is 2.53. The molecule has 1 atom stereocenters. The van der Waals surface area contributed by atoms with E-state index in [1.165, 1.54) is 0 Å². The van der Waals surface area contributed by atoms with Crippen molar-refractivity contribution in [1.82, 2.24) is 9.38 Å². The quantitative estimate of drug-likeness (QED) is 0.678. The molecule has 4 nitrogen and oxygen atoms in total. The van der Waals surface area contributed by atoms with Gasteiger partial charge in [0.25, 0.3) is 0 Å². The second-order valence-corrected chi connectivity index (χ2v) is 5.77. The van der Waals surface area contributed by atoms with Crippen molar-refractivity contribution in [3.63, 3.8) is 0 Å². The predicted molar refractivity (Wildman–Crippen MR) is 89.6 cm³/mol. The zero-order valence-corrected chi connectivity index (χ0v) is 13.5. The first-order valence-corrected chi connectivity index (χ1v) is 7.87. The van der Waals surface area contributed by atoms with Crippen LogP contribution in [0.15, 0.2) is 49.1 Å². The van der Waals surface area contributed by atoms with Gasteiger partial charge >= 0.3 is 0 Å². The summed E-state index contributed by atoms with van der Waals surface area (Å²) >= 11 is 6.04. The smallest absolute Gasteiger partial charge is 0.139 e. The fourth-order valence-corrected chi connectivity index (χ4v) is 2.69. The van der Waals surface area contributed by atoms with Crippen LogP contribution in [0, 0.1) is 11.3 Å². The molecule has 23 heavy (non-hydrogen) atoms. The summed E-state index contributed by atoms with van der Waals surface area (Å²) in [5.74, 6) is 0.520. The third-order valence-electron chi connectivity index (χ3n) is 3.69. The number of hydrogen-bond acceptors (Lipinski definition) is 3. The van der Waals surface area contributed by atoms with Gasteiger partial charge in [0.05, 0.1) is 23.6 Å². The molecule has 116 valence electrons. The molecule has 0 spiro atoms. The Morgan fingerprint density at radius 1 is 1.35 bits per heavy atom. The zero-order valence-electron chi connectivity index (χ0n) is 12.7. The van der Waals surface area contributed by atoms with Gasteiger partial charge in [-0.05, 0) is 36.2 Å². The van der Waals surface area contributed by atoms with Crippen molar-refractivity contribution in [2.75, 3.05) is 0 Å². The molecule has 5 heteroatoms. The van der Waals surface area contributed by atoms with E-state index in [-0.39, 0.29) is 6.10 Å². The largest absolute Gasteiger partial charge is 0.484 e. The van der Waals surface area contributed by atoms with Crippen LogP contribution in [0.4, 0.5) is 0 Å². The SMILES string of the molecule is CCCC(Oc1cc(Cl)ccc1C#N)c1ccn2cncc2c1. The standard InChI is InChI=1S/C18H16ClN3O/c1-2-3-17(13-6-7-22-12-21-11-16(22)8-13)23-18-9-15(19)5-4-14(18)10-20/h4-9,11-12,17H,2-3H2,1H3. The minimum absolute atomic E-state index is 0.134. The summed E-state index contributed by atoms with van der Waals surface area (Å²) in [6.07, 6.45) is 7.23. The van der Waals surface area contributed by atoms with Gasteiger partial charge in [-0.2, -0.15) is 5.26 Å². The molecule has 0 saturated heterocycles. The highest BCUT2D eigenvalue weighted by atomic mass is 35.5. The third kappa shape index (κ3) is 3.30. The molecule has 3 rings (SSSR count). The number of imidazole rings is 1. The molecule has 0 radical (unpaired) electrons. The van der Waals surface area contributed by atoms with Crippen LogP contribution >= 0.6 is 11.6 Å². The Kier molecular flexibility index (Phi) is 4.50. The molecule has 0 aliphatic heterocycles. The van der Waals surface area contributed by atoms with Crippen molar-refractivity contribution in [3.8, 4) is 11.8 Å². The lowest BCUT2D eigenvalue weighted by atomic mass is 10.1. The van der Waals surface area contributed by atoms with Gasteiger partial charge in [-0.15, -0.1) is 0 Å². The lowest BCUT2D eigenvalue weighted by molar-refractivity contribution is 0.193. The summed E-state index contributed by atoms with van der Waals surface area (Å²) in [6.45, 7) is 2.11. The Morgan fingerprint density at radius 2 is 2.22 bits per heavy atom. The van der Waals surface area contributed by atoms with E-state index in [2.05, 4.69) is 24.0 Å². The second kappa shape index (κ2) is 6.72. The van der Waals surface area contributed by atoms with Gasteiger partial charge in [-0.25, -0.2) is 4.98 Å². The van der Waals surface area contributed by atoms with Crippen molar-refractivity contribution < 1.29 is 4.74 Å². The van der Waals surface area contributed by atoms with Gasteiger partial charge in [0, 0.05) is 17.3 Å². The van der Waals surface area contributed by atoms with Crippen LogP contribution in [-0.4, -0.2) is 9.38 Å². The second-order valence-electron chi connectivity index (χ2n) is 5.33. The first-order chi connectivity index (χ1) is 11.2. The van der Waals surface area contributed by atoms with Crippen LogP contribution in [0.5, 0.6) is 5.75 Å². The van der Waals surface area contributed by atoms with Crippen molar-refractivity contribution >= 4 is 17.1 Å². The Hall–Kier alpha value is -2.51. The lowest BCUT2D eigenvalue weighted by Gasteiger charge is -2.20. The number of fused-ring (bicyclic) bond motifs is 1. The summed E-state index contributed by atoms with van der Waals surface area (Å²) in [5.41, 5.74) is 2.56. The topological polar surface area (TPSA) is 50.3 Å². The van der Waals surface area contributed by atoms with E-state index in [9.17, 15) is 5.26 Å². The van der Waals surface area contributed by atoms with Crippen LogP contribution in [-0.2, 0) is 0 Å². The Labute approximate surface area is 139 Å².